The Balaban J connectivity index is 1.56. The number of nitrogens with zero attached hydrogens (tertiary/aromatic N) is 4. The molecule has 4 aromatic rings. The number of benzene rings is 2. The van der Waals surface area contributed by atoms with E-state index in [0.29, 0.717) is 17.5 Å². The molecule has 1 N–H and O–H groups in total. The van der Waals surface area contributed by atoms with Crippen LogP contribution in [0.4, 0.5) is 18.9 Å². The van der Waals surface area contributed by atoms with Gasteiger partial charge in [-0.1, -0.05) is 18.2 Å². The van der Waals surface area contributed by atoms with E-state index >= 15 is 0 Å². The Labute approximate surface area is 173 Å². The minimum Gasteiger partial charge on any atom is -0.323 e. The molecule has 0 unspecified atom stereocenters. The van der Waals surface area contributed by atoms with E-state index in [2.05, 4.69) is 15.4 Å². The summed E-state index contributed by atoms with van der Waals surface area (Å²) in [5.74, 6) is -4.82. The van der Waals surface area contributed by atoms with Crippen LogP contribution < -0.4 is 10.9 Å². The minimum absolute atomic E-state index is 0.0404. The number of amides is 1. The highest BCUT2D eigenvalue weighted by Crippen LogP contribution is 2.20. The van der Waals surface area contributed by atoms with E-state index in [-0.39, 0.29) is 23.9 Å². The second-order valence-corrected chi connectivity index (χ2v) is 6.77. The molecule has 2 aromatic carbocycles. The van der Waals surface area contributed by atoms with Gasteiger partial charge in [0.15, 0.2) is 23.1 Å². The normalized spacial score (nSPS) is 11.1. The highest BCUT2D eigenvalue weighted by Gasteiger charge is 2.17. The predicted octanol–water partition coefficient (Wildman–Crippen LogP) is 3.34. The zero-order valence-corrected chi connectivity index (χ0v) is 16.3. The van der Waals surface area contributed by atoms with E-state index < -0.39 is 29.0 Å². The van der Waals surface area contributed by atoms with Gasteiger partial charge in [0, 0.05) is 13.0 Å². The standard InChI is InChI=1S/C21H16F3N5O2/c1-12-26-20-14(11-25-29(20)13-5-3-2-4-6-13)21(31)28(12)10-9-17(30)27-16-8-7-15(22)18(23)19(16)24/h2-8,11H,9-10H2,1H3,(H,27,30). The van der Waals surface area contributed by atoms with Crippen molar-refractivity contribution in [2.24, 2.45) is 0 Å². The Morgan fingerprint density at radius 1 is 1.06 bits per heavy atom. The first kappa shape index (κ1) is 20.3. The van der Waals surface area contributed by atoms with Crippen molar-refractivity contribution >= 4 is 22.6 Å². The zero-order valence-electron chi connectivity index (χ0n) is 16.3. The van der Waals surface area contributed by atoms with E-state index in [1.807, 2.05) is 30.3 Å². The number of rotatable bonds is 5. The van der Waals surface area contributed by atoms with Crippen molar-refractivity contribution in [1.29, 1.82) is 0 Å². The monoisotopic (exact) mass is 427 g/mol. The van der Waals surface area contributed by atoms with Crippen LogP contribution in [-0.2, 0) is 11.3 Å². The molecule has 0 bridgehead atoms. The molecule has 0 aliphatic rings. The van der Waals surface area contributed by atoms with Crippen molar-refractivity contribution < 1.29 is 18.0 Å². The number of nitrogens with one attached hydrogen (secondary N) is 1. The Bertz CT molecular complexity index is 1350. The Kier molecular flexibility index (Phi) is 5.28. The fraction of sp³-hybridized carbons (Fsp3) is 0.143. The van der Waals surface area contributed by atoms with Gasteiger partial charge in [0.25, 0.3) is 5.56 Å². The van der Waals surface area contributed by atoms with E-state index in [4.69, 9.17) is 0 Å². The van der Waals surface area contributed by atoms with Crippen LogP contribution >= 0.6 is 0 Å². The predicted molar refractivity (Wildman–Crippen MR) is 107 cm³/mol. The van der Waals surface area contributed by atoms with E-state index in [1.54, 1.807) is 11.6 Å². The summed E-state index contributed by atoms with van der Waals surface area (Å²) in [5.41, 5.74) is 0.273. The third-order valence-electron chi connectivity index (χ3n) is 4.75. The van der Waals surface area contributed by atoms with Crippen molar-refractivity contribution in [3.63, 3.8) is 0 Å². The van der Waals surface area contributed by atoms with E-state index in [1.165, 1.54) is 10.8 Å². The third-order valence-corrected chi connectivity index (χ3v) is 4.75. The summed E-state index contributed by atoms with van der Waals surface area (Å²) < 4.78 is 42.9. The highest BCUT2D eigenvalue weighted by atomic mass is 19.2. The maximum atomic E-state index is 13.7. The number of anilines is 1. The molecular formula is C21H16F3N5O2. The fourth-order valence-electron chi connectivity index (χ4n) is 3.18. The summed E-state index contributed by atoms with van der Waals surface area (Å²) in [6.45, 7) is 1.58. The molecule has 0 saturated heterocycles. The molecule has 7 nitrogen and oxygen atoms in total. The number of fused-ring (bicyclic) bond motifs is 1. The van der Waals surface area contributed by atoms with Crippen molar-refractivity contribution in [3.05, 3.63) is 82.3 Å². The van der Waals surface area contributed by atoms with Gasteiger partial charge in [0.2, 0.25) is 5.91 Å². The van der Waals surface area contributed by atoms with Crippen LogP contribution in [0.15, 0.2) is 53.5 Å². The van der Waals surface area contributed by atoms with Gasteiger partial charge in [-0.25, -0.2) is 22.8 Å². The van der Waals surface area contributed by atoms with E-state index in [0.717, 1.165) is 11.8 Å². The first-order valence-corrected chi connectivity index (χ1v) is 9.30. The summed E-state index contributed by atoms with van der Waals surface area (Å²) in [6.07, 6.45) is 1.20. The molecule has 31 heavy (non-hydrogen) atoms. The van der Waals surface area contributed by atoms with Crippen LogP contribution in [0.1, 0.15) is 12.2 Å². The van der Waals surface area contributed by atoms with Crippen LogP contribution in [0.25, 0.3) is 16.7 Å². The third kappa shape index (κ3) is 3.79. The van der Waals surface area contributed by atoms with Gasteiger partial charge in [-0.05, 0) is 31.2 Å². The molecule has 158 valence electrons. The van der Waals surface area contributed by atoms with Crippen molar-refractivity contribution in [1.82, 2.24) is 19.3 Å². The van der Waals surface area contributed by atoms with Crippen molar-refractivity contribution in [3.8, 4) is 5.69 Å². The molecule has 0 atom stereocenters. The number of halogens is 3. The first-order valence-electron chi connectivity index (χ1n) is 9.30. The van der Waals surface area contributed by atoms with Gasteiger partial charge in [-0.3, -0.25) is 14.2 Å². The molecule has 0 spiro atoms. The minimum atomic E-state index is -1.67. The highest BCUT2D eigenvalue weighted by molar-refractivity contribution is 5.90. The van der Waals surface area contributed by atoms with Crippen LogP contribution in [0.3, 0.4) is 0 Å². The number of hydrogen-bond acceptors (Lipinski definition) is 4. The number of hydrogen-bond donors (Lipinski definition) is 1. The van der Waals surface area contributed by atoms with E-state index in [9.17, 15) is 22.8 Å². The van der Waals surface area contributed by atoms with Gasteiger partial charge in [0.1, 0.15) is 11.2 Å². The zero-order chi connectivity index (χ0) is 22.1. The average Bonchev–Trinajstić information content (AvgIpc) is 3.18. The summed E-state index contributed by atoms with van der Waals surface area (Å²) in [6, 6.07) is 10.8. The molecule has 2 aromatic heterocycles. The van der Waals surface area contributed by atoms with Gasteiger partial charge in [-0.2, -0.15) is 5.10 Å². The van der Waals surface area contributed by atoms with Crippen LogP contribution in [-0.4, -0.2) is 25.2 Å². The molecule has 1 amide bonds. The number of para-hydroxylation sites is 1. The maximum absolute atomic E-state index is 13.7. The Morgan fingerprint density at radius 3 is 2.55 bits per heavy atom. The SMILES string of the molecule is Cc1nc2c(cnn2-c2ccccc2)c(=O)n1CCC(=O)Nc1ccc(F)c(F)c1F. The summed E-state index contributed by atoms with van der Waals surface area (Å²) in [5, 5.41) is 6.70. The van der Waals surface area contributed by atoms with Crippen LogP contribution in [0.5, 0.6) is 0 Å². The average molecular weight is 427 g/mol. The molecule has 10 heteroatoms. The largest absolute Gasteiger partial charge is 0.323 e. The lowest BCUT2D eigenvalue weighted by Gasteiger charge is -2.11. The lowest BCUT2D eigenvalue weighted by atomic mass is 10.2. The molecule has 2 heterocycles. The smallest absolute Gasteiger partial charge is 0.264 e. The second-order valence-electron chi connectivity index (χ2n) is 6.77. The van der Waals surface area contributed by atoms with Gasteiger partial charge >= 0.3 is 0 Å². The number of carbonyl (C=O) groups excluding carboxylic acids is 1. The number of aromatic nitrogens is 4. The summed E-state index contributed by atoms with van der Waals surface area (Å²) in [7, 11) is 0. The van der Waals surface area contributed by atoms with Gasteiger partial charge < -0.3 is 5.32 Å². The first-order chi connectivity index (χ1) is 14.9. The topological polar surface area (TPSA) is 81.8 Å². The van der Waals surface area contributed by atoms with Crippen LogP contribution in [0, 0.1) is 24.4 Å². The Hall–Kier alpha value is -3.95. The molecule has 0 saturated carbocycles. The molecule has 0 aliphatic heterocycles. The second kappa shape index (κ2) is 8.05. The van der Waals surface area contributed by atoms with Crippen molar-refractivity contribution in [2.45, 2.75) is 19.9 Å². The lowest BCUT2D eigenvalue weighted by molar-refractivity contribution is -0.116. The molecule has 4 rings (SSSR count). The number of aryl methyl sites for hydroxylation is 1. The molecule has 0 radical (unpaired) electrons. The van der Waals surface area contributed by atoms with Crippen molar-refractivity contribution in [2.75, 3.05) is 5.32 Å². The van der Waals surface area contributed by atoms with Crippen LogP contribution in [0.2, 0.25) is 0 Å². The fourth-order valence-corrected chi connectivity index (χ4v) is 3.18. The quantitative estimate of drug-likeness (QED) is 0.496. The lowest BCUT2D eigenvalue weighted by Crippen LogP contribution is -2.26. The maximum Gasteiger partial charge on any atom is 0.264 e. The summed E-state index contributed by atoms with van der Waals surface area (Å²) in [4.78, 5) is 29.5. The molecule has 0 aliphatic carbocycles. The molecule has 0 fully saturated rings. The molecular weight excluding hydrogens is 411 g/mol. The van der Waals surface area contributed by atoms with Gasteiger partial charge in [-0.15, -0.1) is 0 Å². The van der Waals surface area contributed by atoms with Gasteiger partial charge in [0.05, 0.1) is 17.6 Å². The Morgan fingerprint density at radius 2 is 1.81 bits per heavy atom. The summed E-state index contributed by atoms with van der Waals surface area (Å²) >= 11 is 0. The number of carbonyl (C=O) groups is 1.